The van der Waals surface area contributed by atoms with E-state index in [1.165, 1.54) is 64.2 Å². The van der Waals surface area contributed by atoms with E-state index in [-0.39, 0.29) is 11.8 Å². The lowest BCUT2D eigenvalue weighted by Gasteiger charge is -2.23. The Balaban J connectivity index is 0. The van der Waals surface area contributed by atoms with Gasteiger partial charge in [-0.15, -0.1) is 0 Å². The van der Waals surface area contributed by atoms with Gasteiger partial charge in [-0.1, -0.05) is 64.7 Å². The molecule has 0 aromatic rings. The first-order chi connectivity index (χ1) is 8.62. The van der Waals surface area contributed by atoms with Gasteiger partial charge in [0, 0.05) is 13.2 Å². The number of hydrogen-bond donors (Lipinski definition) is 2. The minimum absolute atomic E-state index is 0. The molecule has 0 rings (SSSR count). The van der Waals surface area contributed by atoms with Crippen LogP contribution in [0.2, 0.25) is 0 Å². The Morgan fingerprint density at radius 3 is 1.63 bits per heavy atom. The summed E-state index contributed by atoms with van der Waals surface area (Å²) in [5.74, 6) is 0. The summed E-state index contributed by atoms with van der Waals surface area (Å²) < 4.78 is 5.73. The van der Waals surface area contributed by atoms with Gasteiger partial charge < -0.3 is 16.6 Å². The Bertz CT molecular complexity index is 172. The van der Waals surface area contributed by atoms with E-state index in [2.05, 4.69) is 20.8 Å². The molecule has 0 aromatic carbocycles. The zero-order chi connectivity index (χ0) is 13.7. The lowest BCUT2D eigenvalue weighted by molar-refractivity contribution is -0.0121. The van der Waals surface area contributed by atoms with Gasteiger partial charge >= 0.3 is 0 Å². The fraction of sp³-hybridized carbons (Fsp3) is 1.00. The molecule has 0 saturated heterocycles. The maximum Gasteiger partial charge on any atom is 0.0748 e. The molecule has 0 radical (unpaired) electrons. The first-order valence-corrected chi connectivity index (χ1v) is 7.96. The van der Waals surface area contributed by atoms with E-state index < -0.39 is 0 Å². The summed E-state index contributed by atoms with van der Waals surface area (Å²) in [6, 6.07) is 0. The quantitative estimate of drug-likeness (QED) is 0.473. The predicted octanol–water partition coefficient (Wildman–Crippen LogP) is 4.82. The van der Waals surface area contributed by atoms with Gasteiger partial charge in [-0.2, -0.15) is 0 Å². The maximum atomic E-state index is 5.73. The van der Waals surface area contributed by atoms with E-state index in [1.54, 1.807) is 0 Å². The molecular weight excluding hydrogens is 236 g/mol. The van der Waals surface area contributed by atoms with Crippen LogP contribution in [0.4, 0.5) is 0 Å². The van der Waals surface area contributed by atoms with Crippen molar-refractivity contribution in [1.82, 2.24) is 6.15 Å². The van der Waals surface area contributed by atoms with E-state index in [1.807, 2.05) is 0 Å². The maximum absolute atomic E-state index is 5.73. The first kappa shape index (κ1) is 21.2. The highest BCUT2D eigenvalue weighted by atomic mass is 16.5. The van der Waals surface area contributed by atoms with E-state index >= 15 is 0 Å². The molecule has 0 fully saturated rings. The minimum atomic E-state index is -0.140. The molecule has 0 spiro atoms. The van der Waals surface area contributed by atoms with Crippen LogP contribution in [-0.2, 0) is 4.74 Å². The normalized spacial score (nSPS) is 11.4. The van der Waals surface area contributed by atoms with Gasteiger partial charge in [0.05, 0.1) is 5.60 Å². The van der Waals surface area contributed by atoms with Crippen molar-refractivity contribution in [2.45, 2.75) is 90.6 Å². The number of unbranched alkanes of at least 4 members (excludes halogenated alkanes) is 9. The molecule has 0 saturated carbocycles. The number of hydrogen-bond acceptors (Lipinski definition) is 3. The second kappa shape index (κ2) is 14.3. The highest BCUT2D eigenvalue weighted by molar-refractivity contribution is 4.68. The highest BCUT2D eigenvalue weighted by Gasteiger charge is 2.14. The van der Waals surface area contributed by atoms with Gasteiger partial charge in [0.2, 0.25) is 0 Å². The summed E-state index contributed by atoms with van der Waals surface area (Å²) in [4.78, 5) is 0. The molecule has 0 aliphatic carbocycles. The molecule has 5 N–H and O–H groups in total. The van der Waals surface area contributed by atoms with Crippen LogP contribution < -0.4 is 11.9 Å². The SMILES string of the molecule is CCCCCCCCCCCCOC(C)(C)CN.N. The fourth-order valence-electron chi connectivity index (χ4n) is 2.00. The third kappa shape index (κ3) is 15.8. The van der Waals surface area contributed by atoms with Gasteiger partial charge in [0.25, 0.3) is 0 Å². The van der Waals surface area contributed by atoms with Gasteiger partial charge in [0.15, 0.2) is 0 Å². The van der Waals surface area contributed by atoms with Crippen LogP contribution in [0.15, 0.2) is 0 Å². The Kier molecular flexibility index (Phi) is 15.9. The first-order valence-electron chi connectivity index (χ1n) is 7.96. The molecule has 3 nitrogen and oxygen atoms in total. The molecule has 0 aromatic heterocycles. The Hall–Kier alpha value is -0.120. The summed E-state index contributed by atoms with van der Waals surface area (Å²) in [7, 11) is 0. The Morgan fingerprint density at radius 1 is 0.789 bits per heavy atom. The molecule has 0 aliphatic rings. The topological polar surface area (TPSA) is 70.2 Å². The summed E-state index contributed by atoms with van der Waals surface area (Å²) in [5.41, 5.74) is 5.47. The molecular formula is C16H38N2O. The lowest BCUT2D eigenvalue weighted by atomic mass is 10.1. The summed E-state index contributed by atoms with van der Waals surface area (Å²) in [6.07, 6.45) is 13.7. The Morgan fingerprint density at radius 2 is 1.21 bits per heavy atom. The summed E-state index contributed by atoms with van der Waals surface area (Å²) in [5, 5.41) is 0. The molecule has 0 bridgehead atoms. The van der Waals surface area contributed by atoms with E-state index in [4.69, 9.17) is 10.5 Å². The molecule has 0 aliphatic heterocycles. The monoisotopic (exact) mass is 274 g/mol. The second-order valence-corrected chi connectivity index (χ2v) is 5.99. The molecule has 0 atom stereocenters. The van der Waals surface area contributed by atoms with Crippen LogP contribution in [0.1, 0.15) is 85.0 Å². The van der Waals surface area contributed by atoms with Crippen LogP contribution in [-0.4, -0.2) is 18.8 Å². The fourth-order valence-corrected chi connectivity index (χ4v) is 2.00. The predicted molar refractivity (Wildman–Crippen MR) is 86.0 cm³/mol. The van der Waals surface area contributed by atoms with Crippen molar-refractivity contribution >= 4 is 0 Å². The van der Waals surface area contributed by atoms with Crippen LogP contribution in [0.3, 0.4) is 0 Å². The minimum Gasteiger partial charge on any atom is -0.374 e. The highest BCUT2D eigenvalue weighted by Crippen LogP contribution is 2.12. The average Bonchev–Trinajstić information content (AvgIpc) is 2.36. The van der Waals surface area contributed by atoms with Gasteiger partial charge in [-0.3, -0.25) is 0 Å². The standard InChI is InChI=1S/C16H35NO.H3N/c1-4-5-6-7-8-9-10-11-12-13-14-18-16(2,3)15-17;/h4-15,17H2,1-3H3;1H3. The van der Waals surface area contributed by atoms with Crippen LogP contribution in [0.5, 0.6) is 0 Å². The lowest BCUT2D eigenvalue weighted by Crippen LogP contribution is -2.34. The number of nitrogens with two attached hydrogens (primary N) is 1. The third-order valence-electron chi connectivity index (χ3n) is 3.48. The van der Waals surface area contributed by atoms with Crippen molar-refractivity contribution in [2.24, 2.45) is 5.73 Å². The van der Waals surface area contributed by atoms with Crippen LogP contribution in [0.25, 0.3) is 0 Å². The molecule has 0 unspecified atom stereocenters. The molecule has 19 heavy (non-hydrogen) atoms. The average molecular weight is 274 g/mol. The Labute approximate surface area is 121 Å². The van der Waals surface area contributed by atoms with Crippen LogP contribution >= 0.6 is 0 Å². The van der Waals surface area contributed by atoms with Crippen molar-refractivity contribution in [3.05, 3.63) is 0 Å². The van der Waals surface area contributed by atoms with Crippen molar-refractivity contribution < 1.29 is 4.74 Å². The second-order valence-electron chi connectivity index (χ2n) is 5.99. The van der Waals surface area contributed by atoms with Crippen molar-refractivity contribution in [2.75, 3.05) is 13.2 Å². The van der Waals surface area contributed by atoms with Crippen molar-refractivity contribution in [3.8, 4) is 0 Å². The van der Waals surface area contributed by atoms with Crippen molar-refractivity contribution in [3.63, 3.8) is 0 Å². The van der Waals surface area contributed by atoms with E-state index in [0.29, 0.717) is 6.54 Å². The largest absolute Gasteiger partial charge is 0.374 e. The van der Waals surface area contributed by atoms with Crippen LogP contribution in [0, 0.1) is 0 Å². The van der Waals surface area contributed by atoms with Crippen molar-refractivity contribution in [1.29, 1.82) is 0 Å². The number of rotatable bonds is 13. The molecule has 0 amide bonds. The summed E-state index contributed by atoms with van der Waals surface area (Å²) in [6.45, 7) is 7.85. The van der Waals surface area contributed by atoms with Gasteiger partial charge in [0.1, 0.15) is 0 Å². The molecule has 118 valence electrons. The summed E-state index contributed by atoms with van der Waals surface area (Å²) >= 11 is 0. The number of ether oxygens (including phenoxy) is 1. The third-order valence-corrected chi connectivity index (χ3v) is 3.48. The zero-order valence-electron chi connectivity index (χ0n) is 13.7. The van der Waals surface area contributed by atoms with E-state index in [0.717, 1.165) is 6.61 Å². The van der Waals surface area contributed by atoms with Gasteiger partial charge in [-0.05, 0) is 20.3 Å². The molecule has 3 heteroatoms. The smallest absolute Gasteiger partial charge is 0.0748 e. The van der Waals surface area contributed by atoms with Gasteiger partial charge in [-0.25, -0.2) is 0 Å². The molecule has 0 heterocycles. The zero-order valence-corrected chi connectivity index (χ0v) is 13.7. The van der Waals surface area contributed by atoms with E-state index in [9.17, 15) is 0 Å².